The van der Waals surface area contributed by atoms with E-state index >= 15 is 0 Å². The minimum absolute atomic E-state index is 0.00763. The van der Waals surface area contributed by atoms with E-state index in [1.54, 1.807) is 6.07 Å². The van der Waals surface area contributed by atoms with E-state index in [1.165, 1.54) is 19.1 Å². The van der Waals surface area contributed by atoms with E-state index < -0.39 is 40.6 Å². The third-order valence-electron chi connectivity index (χ3n) is 8.01. The highest BCUT2D eigenvalue weighted by molar-refractivity contribution is 6.33. The molecule has 3 atom stereocenters. The maximum Gasteiger partial charge on any atom is 0.419 e. The summed E-state index contributed by atoms with van der Waals surface area (Å²) in [6.07, 6.45) is -0.866. The highest BCUT2D eigenvalue weighted by Gasteiger charge is 2.42. The summed E-state index contributed by atoms with van der Waals surface area (Å²) >= 11 is 6.25. The summed E-state index contributed by atoms with van der Waals surface area (Å²) in [5.74, 6) is -1.74. The number of rotatable bonds is 7. The van der Waals surface area contributed by atoms with Crippen molar-refractivity contribution >= 4 is 41.0 Å². The molecule has 1 aliphatic heterocycles. The third kappa shape index (κ3) is 5.91. The minimum Gasteiger partial charge on any atom is -0.446 e. The van der Waals surface area contributed by atoms with Gasteiger partial charge in [0, 0.05) is 36.2 Å². The Hall–Kier alpha value is -3.28. The molecular formula is C27H31ClF3N5O4. The Morgan fingerprint density at radius 2 is 2.02 bits per heavy atom. The number of anilines is 2. The highest BCUT2D eigenvalue weighted by Crippen LogP contribution is 2.45. The molecule has 2 aliphatic carbocycles. The Balaban J connectivity index is 1.24. The van der Waals surface area contributed by atoms with Crippen LogP contribution >= 0.6 is 11.6 Å². The van der Waals surface area contributed by atoms with Crippen LogP contribution in [0.2, 0.25) is 5.02 Å². The summed E-state index contributed by atoms with van der Waals surface area (Å²) in [6, 6.07) is 4.23. The molecule has 2 heterocycles. The van der Waals surface area contributed by atoms with Gasteiger partial charge in [-0.15, -0.1) is 0 Å². The zero-order valence-electron chi connectivity index (χ0n) is 22.2. The molecule has 2 saturated carbocycles. The van der Waals surface area contributed by atoms with Crippen LogP contribution < -0.4 is 15.5 Å². The van der Waals surface area contributed by atoms with Crippen LogP contribution in [-0.4, -0.2) is 46.3 Å². The zero-order chi connectivity index (χ0) is 28.8. The number of amides is 3. The molecule has 3 fully saturated rings. The number of hydrogen-bond acceptors (Lipinski definition) is 5. The van der Waals surface area contributed by atoms with Crippen molar-refractivity contribution in [1.29, 1.82) is 0 Å². The molecule has 3 unspecified atom stereocenters. The summed E-state index contributed by atoms with van der Waals surface area (Å²) < 4.78 is 47.7. The molecule has 5 rings (SSSR count). The molecule has 2 aromatic rings. The Bertz CT molecular complexity index is 1330. The van der Waals surface area contributed by atoms with Gasteiger partial charge in [-0.25, -0.2) is 4.79 Å². The lowest BCUT2D eigenvalue weighted by atomic mass is 9.96. The first kappa shape index (κ1) is 28.3. The average molecular weight is 582 g/mol. The van der Waals surface area contributed by atoms with Crippen LogP contribution in [0.25, 0.3) is 0 Å². The summed E-state index contributed by atoms with van der Waals surface area (Å²) in [7, 11) is 0. The largest absolute Gasteiger partial charge is 0.446 e. The molecule has 3 aliphatic rings. The number of alkyl carbamates (subject to hydrolysis) is 1. The molecule has 1 saturated heterocycles. The number of nitrogens with zero attached hydrogens (tertiary/aromatic N) is 2. The predicted octanol–water partition coefficient (Wildman–Crippen LogP) is 5.87. The predicted molar refractivity (Wildman–Crippen MR) is 141 cm³/mol. The number of benzene rings is 1. The zero-order valence-corrected chi connectivity index (χ0v) is 22.9. The van der Waals surface area contributed by atoms with Gasteiger partial charge in [0.2, 0.25) is 11.8 Å². The maximum absolute atomic E-state index is 14.0. The van der Waals surface area contributed by atoms with Crippen LogP contribution in [0.3, 0.4) is 0 Å². The molecule has 1 aromatic heterocycles. The summed E-state index contributed by atoms with van der Waals surface area (Å²) in [6.45, 7) is 3.61. The fourth-order valence-electron chi connectivity index (χ4n) is 5.37. The van der Waals surface area contributed by atoms with Crippen molar-refractivity contribution in [3.63, 3.8) is 0 Å². The van der Waals surface area contributed by atoms with Crippen molar-refractivity contribution < 1.29 is 32.3 Å². The Kier molecular flexibility index (Phi) is 7.49. The van der Waals surface area contributed by atoms with E-state index in [1.807, 2.05) is 6.92 Å². The molecule has 0 radical (unpaired) electrons. The van der Waals surface area contributed by atoms with E-state index in [9.17, 15) is 27.6 Å². The van der Waals surface area contributed by atoms with Gasteiger partial charge in [0.25, 0.3) is 0 Å². The molecule has 1 aromatic carbocycles. The lowest BCUT2D eigenvalue weighted by Gasteiger charge is -2.24. The van der Waals surface area contributed by atoms with Crippen LogP contribution in [0.5, 0.6) is 0 Å². The topological polar surface area (TPSA) is 116 Å². The number of alkyl halides is 3. The highest BCUT2D eigenvalue weighted by atomic mass is 35.5. The van der Waals surface area contributed by atoms with Crippen LogP contribution in [-0.2, 0) is 20.5 Å². The van der Waals surface area contributed by atoms with Gasteiger partial charge < -0.3 is 20.3 Å². The van der Waals surface area contributed by atoms with Crippen molar-refractivity contribution in [2.75, 3.05) is 16.8 Å². The summed E-state index contributed by atoms with van der Waals surface area (Å²) in [5.41, 5.74) is -0.823. The molecule has 13 heteroatoms. The molecule has 0 spiro atoms. The Morgan fingerprint density at radius 1 is 1.27 bits per heavy atom. The second-order valence-electron chi connectivity index (χ2n) is 11.2. The second-order valence-corrected chi connectivity index (χ2v) is 11.5. The lowest BCUT2D eigenvalue weighted by molar-refractivity contribution is -0.137. The normalized spacial score (nSPS) is 22.8. The van der Waals surface area contributed by atoms with Gasteiger partial charge in [-0.05, 0) is 64.0 Å². The molecule has 3 N–H and O–H groups in total. The van der Waals surface area contributed by atoms with Gasteiger partial charge in [0.05, 0.1) is 22.2 Å². The number of H-pyrrole nitrogens is 1. The first-order valence-electron chi connectivity index (χ1n) is 13.4. The number of hydrogen-bond donors (Lipinski definition) is 3. The molecular weight excluding hydrogens is 551 g/mol. The number of aromatic nitrogens is 2. The summed E-state index contributed by atoms with van der Waals surface area (Å²) in [5, 5.41) is 12.0. The second kappa shape index (κ2) is 10.6. The minimum atomic E-state index is -4.82. The maximum atomic E-state index is 14.0. The van der Waals surface area contributed by atoms with Crippen LogP contribution in [0.15, 0.2) is 18.2 Å². The van der Waals surface area contributed by atoms with Crippen molar-refractivity contribution in [1.82, 2.24) is 15.5 Å². The number of ether oxygens (including phenoxy) is 1. The number of aromatic amines is 1. The fourth-order valence-corrected chi connectivity index (χ4v) is 5.80. The standard InChI is InChI=1S/C27H31ClF3N5O4/c1-14(17-7-8-19(36-11-3-4-21(36)37)22(23(17)28)27(29,30)31)24(38)32-20-13-18(34-35-20)15-5-6-16(12-15)40-25(39)33-26(2)9-10-26/h7-8,13-16H,3-6,9-12H2,1-2H3,(H,33,39)(H2,32,34,35,38). The van der Waals surface area contributed by atoms with Gasteiger partial charge in [-0.1, -0.05) is 17.7 Å². The number of halogens is 4. The Labute approximate surface area is 234 Å². The van der Waals surface area contributed by atoms with Gasteiger partial charge in [0.15, 0.2) is 5.82 Å². The fraction of sp³-hybridized carbons (Fsp3) is 0.556. The summed E-state index contributed by atoms with van der Waals surface area (Å²) in [4.78, 5) is 38.3. The van der Waals surface area contributed by atoms with Crippen molar-refractivity contribution in [2.45, 2.75) is 88.4 Å². The van der Waals surface area contributed by atoms with E-state index in [4.69, 9.17) is 16.3 Å². The lowest BCUT2D eigenvalue weighted by Crippen LogP contribution is -2.36. The Morgan fingerprint density at radius 3 is 2.67 bits per heavy atom. The average Bonchev–Trinajstić information content (AvgIpc) is 3.28. The molecule has 216 valence electrons. The first-order valence-corrected chi connectivity index (χ1v) is 13.8. The van der Waals surface area contributed by atoms with E-state index in [0.717, 1.165) is 29.9 Å². The van der Waals surface area contributed by atoms with Crippen molar-refractivity contribution in [3.05, 3.63) is 40.0 Å². The smallest absolute Gasteiger partial charge is 0.419 e. The first-order chi connectivity index (χ1) is 18.8. The molecule has 40 heavy (non-hydrogen) atoms. The monoisotopic (exact) mass is 581 g/mol. The number of carbonyl (C=O) groups excluding carboxylic acids is 3. The van der Waals surface area contributed by atoms with E-state index in [-0.39, 0.29) is 47.6 Å². The van der Waals surface area contributed by atoms with Gasteiger partial charge >= 0.3 is 12.3 Å². The molecule has 0 bridgehead atoms. The number of carbonyl (C=O) groups is 3. The number of nitrogens with one attached hydrogen (secondary N) is 3. The quantitative estimate of drug-likeness (QED) is 0.378. The molecule has 3 amide bonds. The van der Waals surface area contributed by atoms with E-state index in [0.29, 0.717) is 19.3 Å². The van der Waals surface area contributed by atoms with Gasteiger partial charge in [-0.2, -0.15) is 18.3 Å². The molecule has 9 nitrogen and oxygen atoms in total. The van der Waals surface area contributed by atoms with Gasteiger partial charge in [-0.3, -0.25) is 14.7 Å². The third-order valence-corrected chi connectivity index (χ3v) is 8.42. The van der Waals surface area contributed by atoms with Crippen LogP contribution in [0.1, 0.15) is 87.4 Å². The SMILES string of the molecule is CC(C(=O)Nc1cc(C2CCC(OC(=O)NC3(C)CC3)C2)[nH]n1)c1ccc(N2CCCC2=O)c(C(F)(F)F)c1Cl. The van der Waals surface area contributed by atoms with Crippen LogP contribution in [0, 0.1) is 0 Å². The van der Waals surface area contributed by atoms with Crippen molar-refractivity contribution in [3.8, 4) is 0 Å². The van der Waals surface area contributed by atoms with Crippen molar-refractivity contribution in [2.24, 2.45) is 0 Å². The van der Waals surface area contributed by atoms with E-state index in [2.05, 4.69) is 20.8 Å². The van der Waals surface area contributed by atoms with Gasteiger partial charge in [0.1, 0.15) is 6.10 Å². The van der Waals surface area contributed by atoms with Crippen LogP contribution in [0.4, 0.5) is 29.5 Å².